The first-order chi connectivity index (χ1) is 3.77. The molecule has 0 aliphatic heterocycles. The SMILES string of the molecule is CC1(OO)C=CCC1. The second-order valence-corrected chi connectivity index (χ2v) is 2.34. The number of allylic oxidation sites excluding steroid dienone is 1. The van der Waals surface area contributed by atoms with E-state index in [0.717, 1.165) is 12.8 Å². The highest BCUT2D eigenvalue weighted by molar-refractivity contribution is 5.06. The van der Waals surface area contributed by atoms with Crippen LogP contribution in [0.3, 0.4) is 0 Å². The van der Waals surface area contributed by atoms with Gasteiger partial charge in [-0.1, -0.05) is 12.2 Å². The van der Waals surface area contributed by atoms with Crippen LogP contribution in [-0.2, 0) is 4.89 Å². The molecule has 2 heteroatoms. The molecule has 0 bridgehead atoms. The summed E-state index contributed by atoms with van der Waals surface area (Å²) in [6.45, 7) is 1.86. The zero-order valence-corrected chi connectivity index (χ0v) is 4.92. The smallest absolute Gasteiger partial charge is 0.119 e. The summed E-state index contributed by atoms with van der Waals surface area (Å²) in [6, 6.07) is 0. The minimum atomic E-state index is -0.389. The molecule has 1 aliphatic carbocycles. The van der Waals surface area contributed by atoms with Crippen molar-refractivity contribution in [2.45, 2.75) is 25.4 Å². The lowest BCUT2D eigenvalue weighted by Crippen LogP contribution is -2.20. The first-order valence-corrected chi connectivity index (χ1v) is 2.77. The zero-order chi connectivity index (χ0) is 6.04. The van der Waals surface area contributed by atoms with E-state index < -0.39 is 0 Å². The number of hydrogen-bond acceptors (Lipinski definition) is 2. The van der Waals surface area contributed by atoms with E-state index in [1.807, 2.05) is 19.1 Å². The van der Waals surface area contributed by atoms with Gasteiger partial charge in [-0.05, 0) is 19.8 Å². The van der Waals surface area contributed by atoms with Gasteiger partial charge in [-0.2, -0.15) is 0 Å². The van der Waals surface area contributed by atoms with Crippen LogP contribution >= 0.6 is 0 Å². The Hall–Kier alpha value is -0.340. The molecule has 2 nitrogen and oxygen atoms in total. The lowest BCUT2D eigenvalue weighted by Gasteiger charge is -2.15. The Kier molecular flexibility index (Phi) is 1.36. The van der Waals surface area contributed by atoms with Crippen molar-refractivity contribution >= 4 is 0 Å². The van der Waals surface area contributed by atoms with Gasteiger partial charge in [0.15, 0.2) is 0 Å². The van der Waals surface area contributed by atoms with E-state index in [1.54, 1.807) is 0 Å². The summed E-state index contributed by atoms with van der Waals surface area (Å²) in [5, 5.41) is 8.27. The van der Waals surface area contributed by atoms with Gasteiger partial charge >= 0.3 is 0 Å². The van der Waals surface area contributed by atoms with Crippen molar-refractivity contribution in [1.29, 1.82) is 0 Å². The molecule has 0 fully saturated rings. The zero-order valence-electron chi connectivity index (χ0n) is 4.92. The van der Waals surface area contributed by atoms with E-state index in [1.165, 1.54) is 0 Å². The molecule has 1 aliphatic rings. The molecule has 0 spiro atoms. The second kappa shape index (κ2) is 1.88. The van der Waals surface area contributed by atoms with Crippen LogP contribution in [0.1, 0.15) is 19.8 Å². The maximum atomic E-state index is 8.27. The molecule has 1 N–H and O–H groups in total. The number of hydrogen-bond donors (Lipinski definition) is 1. The Morgan fingerprint density at radius 3 is 2.75 bits per heavy atom. The number of rotatable bonds is 1. The van der Waals surface area contributed by atoms with Gasteiger partial charge in [0.2, 0.25) is 0 Å². The molecule has 0 radical (unpaired) electrons. The van der Waals surface area contributed by atoms with Crippen LogP contribution in [0, 0.1) is 0 Å². The summed E-state index contributed by atoms with van der Waals surface area (Å²) < 4.78 is 0. The third kappa shape index (κ3) is 0.904. The topological polar surface area (TPSA) is 29.5 Å². The summed E-state index contributed by atoms with van der Waals surface area (Å²) in [5.41, 5.74) is -0.389. The maximum absolute atomic E-state index is 8.27. The van der Waals surface area contributed by atoms with Crippen LogP contribution < -0.4 is 0 Å². The first kappa shape index (κ1) is 5.79. The second-order valence-electron chi connectivity index (χ2n) is 2.34. The highest BCUT2D eigenvalue weighted by atomic mass is 17.1. The molecule has 0 aromatic carbocycles. The molecule has 1 atom stereocenters. The summed E-state index contributed by atoms with van der Waals surface area (Å²) in [7, 11) is 0. The summed E-state index contributed by atoms with van der Waals surface area (Å²) in [5.74, 6) is 0. The minimum Gasteiger partial charge on any atom is -0.251 e. The summed E-state index contributed by atoms with van der Waals surface area (Å²) in [6.07, 6.45) is 5.80. The van der Waals surface area contributed by atoms with E-state index in [-0.39, 0.29) is 5.60 Å². The van der Waals surface area contributed by atoms with Gasteiger partial charge in [0.25, 0.3) is 0 Å². The van der Waals surface area contributed by atoms with Gasteiger partial charge in [-0.15, -0.1) is 0 Å². The van der Waals surface area contributed by atoms with Crippen molar-refractivity contribution in [1.82, 2.24) is 0 Å². The Morgan fingerprint density at radius 1 is 1.75 bits per heavy atom. The summed E-state index contributed by atoms with van der Waals surface area (Å²) >= 11 is 0. The largest absolute Gasteiger partial charge is 0.251 e. The fourth-order valence-electron chi connectivity index (χ4n) is 0.862. The molecule has 46 valence electrons. The van der Waals surface area contributed by atoms with Crippen molar-refractivity contribution in [3.63, 3.8) is 0 Å². The average molecular weight is 114 g/mol. The fourth-order valence-corrected chi connectivity index (χ4v) is 0.862. The quantitative estimate of drug-likeness (QED) is 0.318. The molecule has 1 rings (SSSR count). The van der Waals surface area contributed by atoms with Gasteiger partial charge in [-0.25, -0.2) is 4.89 Å². The highest BCUT2D eigenvalue weighted by Crippen LogP contribution is 2.24. The molecule has 0 saturated carbocycles. The van der Waals surface area contributed by atoms with Crippen LogP contribution in [0.5, 0.6) is 0 Å². The van der Waals surface area contributed by atoms with E-state index >= 15 is 0 Å². The van der Waals surface area contributed by atoms with Gasteiger partial charge < -0.3 is 0 Å². The Balaban J connectivity index is 2.54. The van der Waals surface area contributed by atoms with Crippen molar-refractivity contribution in [3.8, 4) is 0 Å². The maximum Gasteiger partial charge on any atom is 0.119 e. The molecule has 0 heterocycles. The molecule has 8 heavy (non-hydrogen) atoms. The lowest BCUT2D eigenvalue weighted by atomic mass is 10.1. The molecule has 0 amide bonds. The third-order valence-corrected chi connectivity index (χ3v) is 1.49. The fraction of sp³-hybridized carbons (Fsp3) is 0.667. The predicted octanol–water partition coefficient (Wildman–Crippen LogP) is 1.58. The van der Waals surface area contributed by atoms with E-state index in [9.17, 15) is 0 Å². The Morgan fingerprint density at radius 2 is 2.50 bits per heavy atom. The van der Waals surface area contributed by atoms with E-state index in [2.05, 4.69) is 4.89 Å². The van der Waals surface area contributed by atoms with Crippen molar-refractivity contribution < 1.29 is 10.1 Å². The monoisotopic (exact) mass is 114 g/mol. The van der Waals surface area contributed by atoms with Crippen molar-refractivity contribution in [2.75, 3.05) is 0 Å². The van der Waals surface area contributed by atoms with Crippen molar-refractivity contribution in [3.05, 3.63) is 12.2 Å². The Bertz CT molecular complexity index is 109. The van der Waals surface area contributed by atoms with Crippen LogP contribution in [0.25, 0.3) is 0 Å². The normalized spacial score (nSPS) is 36.2. The predicted molar refractivity (Wildman–Crippen MR) is 30.5 cm³/mol. The lowest BCUT2D eigenvalue weighted by molar-refractivity contribution is -0.301. The van der Waals surface area contributed by atoms with Gasteiger partial charge in [0, 0.05) is 0 Å². The Labute approximate surface area is 48.7 Å². The standard InChI is InChI=1S/C6H10O2/c1-6(8-7)4-2-3-5-6/h2,4,7H,3,5H2,1H3. The molecular formula is C6H10O2. The van der Waals surface area contributed by atoms with Crippen LogP contribution in [-0.4, -0.2) is 10.9 Å². The molecule has 0 aromatic heterocycles. The third-order valence-electron chi connectivity index (χ3n) is 1.49. The van der Waals surface area contributed by atoms with E-state index in [4.69, 9.17) is 5.26 Å². The van der Waals surface area contributed by atoms with Crippen LogP contribution in [0.4, 0.5) is 0 Å². The van der Waals surface area contributed by atoms with Crippen LogP contribution in [0.2, 0.25) is 0 Å². The molecular weight excluding hydrogens is 104 g/mol. The average Bonchev–Trinajstić information content (AvgIpc) is 2.17. The molecule has 0 saturated heterocycles. The summed E-state index contributed by atoms with van der Waals surface area (Å²) in [4.78, 5) is 4.21. The molecule has 1 unspecified atom stereocenters. The highest BCUT2D eigenvalue weighted by Gasteiger charge is 2.24. The van der Waals surface area contributed by atoms with Gasteiger partial charge in [0.05, 0.1) is 0 Å². The van der Waals surface area contributed by atoms with Gasteiger partial charge in [0.1, 0.15) is 5.60 Å². The first-order valence-electron chi connectivity index (χ1n) is 2.77. The van der Waals surface area contributed by atoms with Gasteiger partial charge in [-0.3, -0.25) is 5.26 Å². The van der Waals surface area contributed by atoms with E-state index in [0.29, 0.717) is 0 Å². The van der Waals surface area contributed by atoms with Crippen molar-refractivity contribution in [2.24, 2.45) is 0 Å². The van der Waals surface area contributed by atoms with Crippen LogP contribution in [0.15, 0.2) is 12.2 Å². The minimum absolute atomic E-state index is 0.389. The molecule has 0 aromatic rings.